The van der Waals surface area contributed by atoms with Crippen molar-refractivity contribution in [3.05, 3.63) is 102 Å². The fourth-order valence-corrected chi connectivity index (χ4v) is 3.22. The van der Waals surface area contributed by atoms with Crippen LogP contribution >= 0.6 is 0 Å². The van der Waals surface area contributed by atoms with Gasteiger partial charge in [0.1, 0.15) is 18.1 Å². The molecule has 0 aliphatic rings. The lowest BCUT2D eigenvalue weighted by Crippen LogP contribution is -2.28. The van der Waals surface area contributed by atoms with E-state index < -0.39 is 0 Å². The van der Waals surface area contributed by atoms with Gasteiger partial charge in [-0.1, -0.05) is 35.5 Å². The van der Waals surface area contributed by atoms with Gasteiger partial charge in [0.25, 0.3) is 5.91 Å². The SMILES string of the molecule is Cc1onc(C(=O)NC(C)c2cccc(-n3cccc3)c2)c1COc1ccccc1. The third kappa shape index (κ3) is 4.27. The molecule has 2 heterocycles. The van der Waals surface area contributed by atoms with Crippen molar-refractivity contribution in [2.75, 3.05) is 0 Å². The van der Waals surface area contributed by atoms with Gasteiger partial charge < -0.3 is 19.1 Å². The molecule has 6 heteroatoms. The Bertz CT molecular complexity index is 1120. The molecule has 4 rings (SSSR count). The summed E-state index contributed by atoms with van der Waals surface area (Å²) in [5.74, 6) is 0.996. The van der Waals surface area contributed by atoms with Crippen molar-refractivity contribution in [2.45, 2.75) is 26.5 Å². The van der Waals surface area contributed by atoms with E-state index in [1.54, 1.807) is 6.92 Å². The van der Waals surface area contributed by atoms with Crippen LogP contribution in [-0.4, -0.2) is 15.6 Å². The monoisotopic (exact) mass is 401 g/mol. The van der Waals surface area contributed by atoms with Crippen LogP contribution < -0.4 is 10.1 Å². The van der Waals surface area contributed by atoms with Gasteiger partial charge in [-0.3, -0.25) is 4.79 Å². The standard InChI is InChI=1S/C24H23N3O3/c1-17(19-9-8-10-20(15-19)27-13-6-7-14-27)25-24(28)23-22(18(2)30-26-23)16-29-21-11-4-3-5-12-21/h3-15,17H,16H2,1-2H3,(H,25,28). The molecule has 1 N–H and O–H groups in total. The molecule has 0 bridgehead atoms. The van der Waals surface area contributed by atoms with Crippen LogP contribution in [0.15, 0.2) is 83.6 Å². The van der Waals surface area contributed by atoms with Crippen LogP contribution in [0.3, 0.4) is 0 Å². The fourth-order valence-electron chi connectivity index (χ4n) is 3.22. The Morgan fingerprint density at radius 3 is 2.63 bits per heavy atom. The molecule has 4 aromatic rings. The van der Waals surface area contributed by atoms with Crippen LogP contribution in [0, 0.1) is 6.92 Å². The number of nitrogens with zero attached hydrogens (tertiary/aromatic N) is 2. The van der Waals surface area contributed by atoms with Gasteiger partial charge in [0.2, 0.25) is 0 Å². The van der Waals surface area contributed by atoms with Crippen LogP contribution in [0.1, 0.15) is 40.3 Å². The summed E-state index contributed by atoms with van der Waals surface area (Å²) < 4.78 is 13.1. The Kier molecular flexibility index (Phi) is 5.66. The van der Waals surface area contributed by atoms with Crippen molar-refractivity contribution >= 4 is 5.91 Å². The Hall–Kier alpha value is -3.80. The number of aryl methyl sites for hydroxylation is 1. The van der Waals surface area contributed by atoms with Crippen LogP contribution in [-0.2, 0) is 6.61 Å². The summed E-state index contributed by atoms with van der Waals surface area (Å²) in [7, 11) is 0. The minimum Gasteiger partial charge on any atom is -0.489 e. The maximum Gasteiger partial charge on any atom is 0.274 e. The molecular formula is C24H23N3O3. The van der Waals surface area contributed by atoms with Gasteiger partial charge in [-0.05, 0) is 55.8 Å². The number of benzene rings is 2. The second kappa shape index (κ2) is 8.69. The van der Waals surface area contributed by atoms with E-state index in [4.69, 9.17) is 9.26 Å². The highest BCUT2D eigenvalue weighted by Gasteiger charge is 2.22. The molecule has 0 saturated carbocycles. The molecule has 1 unspecified atom stereocenters. The number of amides is 1. The van der Waals surface area contributed by atoms with Gasteiger partial charge in [0.05, 0.1) is 11.6 Å². The van der Waals surface area contributed by atoms with E-state index in [2.05, 4.69) is 16.5 Å². The van der Waals surface area contributed by atoms with Crippen molar-refractivity contribution in [3.63, 3.8) is 0 Å². The molecule has 0 radical (unpaired) electrons. The van der Waals surface area contributed by atoms with Gasteiger partial charge in [-0.2, -0.15) is 0 Å². The topological polar surface area (TPSA) is 69.3 Å². The summed E-state index contributed by atoms with van der Waals surface area (Å²) in [6.07, 6.45) is 3.97. The molecule has 0 aliphatic heterocycles. The molecule has 0 saturated heterocycles. The van der Waals surface area contributed by atoms with E-state index >= 15 is 0 Å². The summed E-state index contributed by atoms with van der Waals surface area (Å²) in [5.41, 5.74) is 2.92. The number of hydrogen-bond acceptors (Lipinski definition) is 4. The Balaban J connectivity index is 1.47. The largest absolute Gasteiger partial charge is 0.489 e. The number of nitrogens with one attached hydrogen (secondary N) is 1. The second-order valence-electron chi connectivity index (χ2n) is 7.05. The van der Waals surface area contributed by atoms with Gasteiger partial charge in [0.15, 0.2) is 5.69 Å². The normalized spacial score (nSPS) is 11.8. The number of aromatic nitrogens is 2. The minimum absolute atomic E-state index is 0.201. The van der Waals surface area contributed by atoms with Gasteiger partial charge >= 0.3 is 0 Å². The highest BCUT2D eigenvalue weighted by molar-refractivity contribution is 5.94. The summed E-state index contributed by atoms with van der Waals surface area (Å²) >= 11 is 0. The Labute approximate surface area is 175 Å². The smallest absolute Gasteiger partial charge is 0.274 e. The van der Waals surface area contributed by atoms with E-state index in [1.165, 1.54) is 0 Å². The van der Waals surface area contributed by atoms with Crippen molar-refractivity contribution in [1.29, 1.82) is 0 Å². The quantitative estimate of drug-likeness (QED) is 0.481. The summed E-state index contributed by atoms with van der Waals surface area (Å²) in [6.45, 7) is 3.93. The molecule has 1 amide bonds. The number of rotatable bonds is 7. The molecule has 0 spiro atoms. The average molecular weight is 401 g/mol. The van der Waals surface area contributed by atoms with Gasteiger partial charge in [-0.15, -0.1) is 0 Å². The summed E-state index contributed by atoms with van der Waals surface area (Å²) in [5, 5.41) is 6.97. The first-order chi connectivity index (χ1) is 14.6. The maximum absolute atomic E-state index is 12.9. The zero-order valence-corrected chi connectivity index (χ0v) is 16.9. The zero-order chi connectivity index (χ0) is 20.9. The predicted molar refractivity (Wildman–Crippen MR) is 114 cm³/mol. The van der Waals surface area contributed by atoms with Crippen LogP contribution in [0.4, 0.5) is 0 Å². The number of ether oxygens (including phenoxy) is 1. The lowest BCUT2D eigenvalue weighted by molar-refractivity contribution is 0.0928. The minimum atomic E-state index is -0.294. The third-order valence-electron chi connectivity index (χ3n) is 4.95. The van der Waals surface area contributed by atoms with E-state index in [9.17, 15) is 4.79 Å². The van der Waals surface area contributed by atoms with Crippen molar-refractivity contribution in [1.82, 2.24) is 15.0 Å². The van der Waals surface area contributed by atoms with Crippen LogP contribution in [0.5, 0.6) is 5.75 Å². The molecule has 0 aliphatic carbocycles. The van der Waals surface area contributed by atoms with Crippen LogP contribution in [0.25, 0.3) is 5.69 Å². The van der Waals surface area contributed by atoms with Crippen LogP contribution in [0.2, 0.25) is 0 Å². The summed E-state index contributed by atoms with van der Waals surface area (Å²) in [6, 6.07) is 21.2. The van der Waals surface area contributed by atoms with Crippen molar-refractivity contribution in [3.8, 4) is 11.4 Å². The van der Waals surface area contributed by atoms with E-state index in [-0.39, 0.29) is 24.2 Å². The first-order valence-electron chi connectivity index (χ1n) is 9.79. The van der Waals surface area contributed by atoms with E-state index in [1.807, 2.05) is 84.5 Å². The Morgan fingerprint density at radius 1 is 1.10 bits per heavy atom. The number of para-hydroxylation sites is 1. The molecule has 30 heavy (non-hydrogen) atoms. The first kappa shape index (κ1) is 19.5. The number of hydrogen-bond donors (Lipinski definition) is 1. The van der Waals surface area contributed by atoms with Crippen molar-refractivity contribution in [2.24, 2.45) is 0 Å². The molecule has 2 aromatic heterocycles. The number of carbonyl (C=O) groups excluding carboxylic acids is 1. The first-order valence-corrected chi connectivity index (χ1v) is 9.79. The lowest BCUT2D eigenvalue weighted by Gasteiger charge is -2.15. The average Bonchev–Trinajstić information content (AvgIpc) is 3.43. The molecule has 6 nitrogen and oxygen atoms in total. The molecular weight excluding hydrogens is 378 g/mol. The molecule has 152 valence electrons. The van der Waals surface area contributed by atoms with E-state index in [0.717, 1.165) is 17.0 Å². The Morgan fingerprint density at radius 2 is 1.87 bits per heavy atom. The molecule has 0 fully saturated rings. The second-order valence-corrected chi connectivity index (χ2v) is 7.05. The maximum atomic E-state index is 12.9. The van der Waals surface area contributed by atoms with E-state index in [0.29, 0.717) is 11.3 Å². The van der Waals surface area contributed by atoms with Gasteiger partial charge in [-0.25, -0.2) is 0 Å². The lowest BCUT2D eigenvalue weighted by atomic mass is 10.1. The number of carbonyl (C=O) groups is 1. The molecule has 1 atom stereocenters. The zero-order valence-electron chi connectivity index (χ0n) is 16.9. The highest BCUT2D eigenvalue weighted by atomic mass is 16.5. The fraction of sp³-hybridized carbons (Fsp3) is 0.167. The highest BCUT2D eigenvalue weighted by Crippen LogP contribution is 2.21. The van der Waals surface area contributed by atoms with Crippen molar-refractivity contribution < 1.29 is 14.1 Å². The summed E-state index contributed by atoms with van der Waals surface area (Å²) in [4.78, 5) is 12.9. The molecule has 2 aromatic carbocycles. The third-order valence-corrected chi connectivity index (χ3v) is 4.95. The predicted octanol–water partition coefficient (Wildman–Crippen LogP) is 4.84. The van der Waals surface area contributed by atoms with Gasteiger partial charge in [0, 0.05) is 18.1 Å².